The van der Waals surface area contributed by atoms with Crippen LogP contribution in [0.25, 0.3) is 5.69 Å². The lowest BCUT2D eigenvalue weighted by Gasteiger charge is -2.12. The molecule has 3 rings (SSSR count). The van der Waals surface area contributed by atoms with Gasteiger partial charge in [0.25, 0.3) is 0 Å². The number of aromatic nitrogens is 2. The van der Waals surface area contributed by atoms with Crippen LogP contribution in [0.4, 0.5) is 10.1 Å². The van der Waals surface area contributed by atoms with E-state index in [-0.39, 0.29) is 6.54 Å². The number of methoxy groups -OCH3 is 2. The molecule has 0 aliphatic carbocycles. The lowest BCUT2D eigenvalue weighted by atomic mass is 10.2. The van der Waals surface area contributed by atoms with E-state index in [1.165, 1.54) is 50.9 Å². The van der Waals surface area contributed by atoms with Gasteiger partial charge < -0.3 is 14.8 Å². The summed E-state index contributed by atoms with van der Waals surface area (Å²) in [5.74, 6) is -0.0347. The van der Waals surface area contributed by atoms with Crippen molar-refractivity contribution < 1.29 is 18.7 Å². The van der Waals surface area contributed by atoms with Crippen LogP contribution in [0.3, 0.4) is 0 Å². The smallest absolute Gasteiger partial charge is 0.320 e. The van der Waals surface area contributed by atoms with Crippen molar-refractivity contribution >= 4 is 11.6 Å². The van der Waals surface area contributed by atoms with Gasteiger partial charge in [0.2, 0.25) is 5.91 Å². The molecule has 29 heavy (non-hydrogen) atoms. The molecule has 0 radical (unpaired) electrons. The maximum atomic E-state index is 13.1. The standard InChI is InChI=1S/C20H18FN3O5/c1-28-15-7-8-16(17(11-15)29-2)22-18(25)12-23-9-10-24(20(27)19(23)26)14-5-3-13(21)4-6-14/h3-11H,12H2,1-2H3,(H,22,25). The predicted molar refractivity (Wildman–Crippen MR) is 104 cm³/mol. The molecule has 0 atom stereocenters. The quantitative estimate of drug-likeness (QED) is 0.638. The van der Waals surface area contributed by atoms with Gasteiger partial charge in [-0.15, -0.1) is 0 Å². The Labute approximate surface area is 164 Å². The minimum atomic E-state index is -0.881. The van der Waals surface area contributed by atoms with Gasteiger partial charge in [0.15, 0.2) is 0 Å². The van der Waals surface area contributed by atoms with Crippen LogP contribution in [0.2, 0.25) is 0 Å². The highest BCUT2D eigenvalue weighted by atomic mass is 19.1. The van der Waals surface area contributed by atoms with E-state index in [2.05, 4.69) is 5.32 Å². The Morgan fingerprint density at radius 2 is 1.72 bits per heavy atom. The van der Waals surface area contributed by atoms with Gasteiger partial charge in [-0.3, -0.25) is 23.5 Å². The van der Waals surface area contributed by atoms with Crippen molar-refractivity contribution in [2.45, 2.75) is 6.54 Å². The summed E-state index contributed by atoms with van der Waals surface area (Å²) in [6.07, 6.45) is 2.66. The third kappa shape index (κ3) is 4.34. The van der Waals surface area contributed by atoms with E-state index in [1.54, 1.807) is 18.2 Å². The lowest BCUT2D eigenvalue weighted by Crippen LogP contribution is -2.41. The molecule has 1 N–H and O–H groups in total. The van der Waals surface area contributed by atoms with Crippen LogP contribution in [0.1, 0.15) is 0 Å². The molecule has 2 aromatic carbocycles. The van der Waals surface area contributed by atoms with Gasteiger partial charge in [0.1, 0.15) is 23.9 Å². The summed E-state index contributed by atoms with van der Waals surface area (Å²) < 4.78 is 25.4. The predicted octanol–water partition coefficient (Wildman–Crippen LogP) is 1.79. The first kappa shape index (κ1) is 19.9. The zero-order valence-electron chi connectivity index (χ0n) is 15.7. The van der Waals surface area contributed by atoms with Gasteiger partial charge in [-0.25, -0.2) is 4.39 Å². The molecular formula is C20H18FN3O5. The second kappa shape index (κ2) is 8.42. The molecule has 0 aliphatic heterocycles. The molecule has 150 valence electrons. The highest BCUT2D eigenvalue weighted by Gasteiger charge is 2.12. The number of hydrogen-bond donors (Lipinski definition) is 1. The molecule has 0 unspecified atom stereocenters. The second-order valence-electron chi connectivity index (χ2n) is 6.00. The van der Waals surface area contributed by atoms with Crippen LogP contribution in [-0.2, 0) is 11.3 Å². The number of carbonyl (C=O) groups excluding carboxylic acids is 1. The van der Waals surface area contributed by atoms with Crippen LogP contribution in [0.5, 0.6) is 11.5 Å². The number of benzene rings is 2. The molecule has 9 heteroatoms. The first-order valence-electron chi connectivity index (χ1n) is 8.53. The first-order chi connectivity index (χ1) is 13.9. The fraction of sp³-hybridized carbons (Fsp3) is 0.150. The van der Waals surface area contributed by atoms with Gasteiger partial charge >= 0.3 is 11.1 Å². The number of anilines is 1. The van der Waals surface area contributed by atoms with Crippen molar-refractivity contribution in [3.63, 3.8) is 0 Å². The maximum Gasteiger partial charge on any atom is 0.320 e. The maximum absolute atomic E-state index is 13.1. The third-order valence-electron chi connectivity index (χ3n) is 4.16. The molecule has 0 saturated heterocycles. The fourth-order valence-corrected chi connectivity index (χ4v) is 2.68. The third-order valence-corrected chi connectivity index (χ3v) is 4.16. The van der Waals surface area contributed by atoms with Crippen molar-refractivity contribution in [1.82, 2.24) is 9.13 Å². The zero-order chi connectivity index (χ0) is 21.0. The summed E-state index contributed by atoms with van der Waals surface area (Å²) in [7, 11) is 2.96. The van der Waals surface area contributed by atoms with Crippen molar-refractivity contribution in [3.8, 4) is 17.2 Å². The van der Waals surface area contributed by atoms with Gasteiger partial charge in [-0.2, -0.15) is 0 Å². The molecule has 1 aromatic heterocycles. The molecule has 1 heterocycles. The molecule has 8 nitrogen and oxygen atoms in total. The summed E-state index contributed by atoms with van der Waals surface area (Å²) in [5, 5.41) is 2.63. The molecule has 1 amide bonds. The number of rotatable bonds is 6. The average Bonchev–Trinajstić information content (AvgIpc) is 2.72. The van der Waals surface area contributed by atoms with E-state index in [0.29, 0.717) is 22.9 Å². The van der Waals surface area contributed by atoms with Gasteiger partial charge in [-0.1, -0.05) is 0 Å². The van der Waals surface area contributed by atoms with E-state index >= 15 is 0 Å². The average molecular weight is 399 g/mol. The summed E-state index contributed by atoms with van der Waals surface area (Å²) in [4.78, 5) is 37.1. The van der Waals surface area contributed by atoms with Crippen molar-refractivity contribution in [3.05, 3.63) is 81.4 Å². The van der Waals surface area contributed by atoms with Crippen molar-refractivity contribution in [1.29, 1.82) is 0 Å². The van der Waals surface area contributed by atoms with Gasteiger partial charge in [0.05, 0.1) is 19.9 Å². The minimum Gasteiger partial charge on any atom is -0.497 e. The molecule has 3 aromatic rings. The van der Waals surface area contributed by atoms with Crippen LogP contribution in [0.15, 0.2) is 64.4 Å². The number of carbonyl (C=O) groups is 1. The largest absolute Gasteiger partial charge is 0.497 e. The van der Waals surface area contributed by atoms with Crippen LogP contribution in [0, 0.1) is 5.82 Å². The summed E-state index contributed by atoms with van der Waals surface area (Å²) in [6, 6.07) is 9.98. The Balaban J connectivity index is 1.81. The molecule has 0 fully saturated rings. The second-order valence-corrected chi connectivity index (χ2v) is 6.00. The number of nitrogens with zero attached hydrogens (tertiary/aromatic N) is 2. The number of hydrogen-bond acceptors (Lipinski definition) is 5. The monoisotopic (exact) mass is 399 g/mol. The van der Waals surface area contributed by atoms with E-state index < -0.39 is 22.8 Å². The van der Waals surface area contributed by atoms with E-state index in [9.17, 15) is 18.8 Å². The highest BCUT2D eigenvalue weighted by molar-refractivity contribution is 5.92. The number of amides is 1. The van der Waals surface area contributed by atoms with E-state index in [0.717, 1.165) is 9.13 Å². The molecule has 0 saturated carbocycles. The zero-order valence-corrected chi connectivity index (χ0v) is 15.7. The van der Waals surface area contributed by atoms with Crippen molar-refractivity contribution in [2.75, 3.05) is 19.5 Å². The number of ether oxygens (including phenoxy) is 2. The van der Waals surface area contributed by atoms with Crippen LogP contribution >= 0.6 is 0 Å². The topological polar surface area (TPSA) is 91.6 Å². The Bertz CT molecular complexity index is 1150. The summed E-state index contributed by atoms with van der Waals surface area (Å²) in [5.41, 5.74) is -0.998. The molecule has 0 aliphatic rings. The first-order valence-corrected chi connectivity index (χ1v) is 8.53. The molecule has 0 bridgehead atoms. The van der Waals surface area contributed by atoms with Gasteiger partial charge in [-0.05, 0) is 36.4 Å². The summed E-state index contributed by atoms with van der Waals surface area (Å²) >= 11 is 0. The van der Waals surface area contributed by atoms with Crippen LogP contribution in [-0.4, -0.2) is 29.3 Å². The normalized spacial score (nSPS) is 10.4. The minimum absolute atomic E-state index is 0.341. The number of halogens is 1. The fourth-order valence-electron chi connectivity index (χ4n) is 2.68. The van der Waals surface area contributed by atoms with E-state index in [1.807, 2.05) is 0 Å². The summed E-state index contributed by atoms with van der Waals surface area (Å²) in [6.45, 7) is -0.368. The SMILES string of the molecule is COc1ccc(NC(=O)Cn2ccn(-c3ccc(F)cc3)c(=O)c2=O)c(OC)c1. The Morgan fingerprint density at radius 1 is 1.00 bits per heavy atom. The van der Waals surface area contributed by atoms with Crippen molar-refractivity contribution in [2.24, 2.45) is 0 Å². The van der Waals surface area contributed by atoms with E-state index in [4.69, 9.17) is 9.47 Å². The van der Waals surface area contributed by atoms with Crippen LogP contribution < -0.4 is 25.9 Å². The molecular weight excluding hydrogens is 381 g/mol. The highest BCUT2D eigenvalue weighted by Crippen LogP contribution is 2.28. The Kier molecular flexibility index (Phi) is 5.77. The number of nitrogens with one attached hydrogen (secondary N) is 1. The lowest BCUT2D eigenvalue weighted by molar-refractivity contribution is -0.116. The Morgan fingerprint density at radius 3 is 2.38 bits per heavy atom. The molecule has 0 spiro atoms. The Hall–Kier alpha value is -3.88. The van der Waals surface area contributed by atoms with Gasteiger partial charge in [0, 0.05) is 24.1 Å².